The molecule has 11 nitrogen and oxygen atoms in total. The summed E-state index contributed by atoms with van der Waals surface area (Å²) in [4.78, 5) is 10.5. The number of methoxy groups -OCH3 is 1. The largest absolute Gasteiger partial charge is 0.491 e. The first-order valence-corrected chi connectivity index (χ1v) is 11.9. The Kier molecular flexibility index (Phi) is 11.7. The van der Waals surface area contributed by atoms with Crippen molar-refractivity contribution in [1.82, 2.24) is 0 Å². The zero-order valence-corrected chi connectivity index (χ0v) is 20.0. The van der Waals surface area contributed by atoms with Crippen LogP contribution in [0.25, 0.3) is 0 Å². The maximum absolute atomic E-state index is 12.0. The molecule has 0 fully saturated rings. The molecule has 0 aromatic heterocycles. The van der Waals surface area contributed by atoms with Gasteiger partial charge in [-0.1, -0.05) is 17.7 Å². The predicted octanol–water partition coefficient (Wildman–Crippen LogP) is 2.75. The summed E-state index contributed by atoms with van der Waals surface area (Å²) >= 11 is 0. The lowest BCUT2D eigenvalue weighted by Crippen LogP contribution is -2.15. The first-order chi connectivity index (χ1) is 16.3. The van der Waals surface area contributed by atoms with Gasteiger partial charge in [0.15, 0.2) is 0 Å². The number of hydrogen-bond donors (Lipinski definition) is 0. The smallest absolute Gasteiger partial charge is 0.311 e. The van der Waals surface area contributed by atoms with E-state index >= 15 is 0 Å². The van der Waals surface area contributed by atoms with E-state index in [4.69, 9.17) is 27.9 Å². The summed E-state index contributed by atoms with van der Waals surface area (Å²) in [7, 11) is -2.44. The van der Waals surface area contributed by atoms with Gasteiger partial charge in [-0.05, 0) is 25.1 Å². The lowest BCUT2D eigenvalue weighted by Gasteiger charge is -2.09. The topological polar surface area (TPSA) is 133 Å². The van der Waals surface area contributed by atoms with E-state index in [2.05, 4.69) is 0 Å². The number of nitro benzene ring substituents is 1. The van der Waals surface area contributed by atoms with Crippen molar-refractivity contribution in [2.45, 2.75) is 11.8 Å². The fraction of sp³-hybridized carbons (Fsp3) is 0.455. The van der Waals surface area contributed by atoms with E-state index in [1.54, 1.807) is 12.1 Å². The molecule has 0 aliphatic rings. The molecule has 0 atom stereocenters. The number of aryl methyl sites for hydroxylation is 1. The van der Waals surface area contributed by atoms with Crippen LogP contribution in [0.1, 0.15) is 5.56 Å². The van der Waals surface area contributed by atoms with Crippen LogP contribution in [-0.4, -0.2) is 73.3 Å². The second kappa shape index (κ2) is 14.5. The first kappa shape index (κ1) is 27.5. The number of hydrogen-bond acceptors (Lipinski definition) is 10. The van der Waals surface area contributed by atoms with Crippen LogP contribution >= 0.6 is 0 Å². The molecule has 0 N–H and O–H groups in total. The molecular formula is C22H29NO10S. The summed E-state index contributed by atoms with van der Waals surface area (Å²) in [5.41, 5.74) is 0.830. The molecule has 0 bridgehead atoms. The highest BCUT2D eigenvalue weighted by Gasteiger charge is 2.15. The Morgan fingerprint density at radius 2 is 1.38 bits per heavy atom. The van der Waals surface area contributed by atoms with Gasteiger partial charge in [0, 0.05) is 12.1 Å². The monoisotopic (exact) mass is 499 g/mol. The van der Waals surface area contributed by atoms with E-state index in [1.807, 2.05) is 6.92 Å². The van der Waals surface area contributed by atoms with E-state index in [0.717, 1.165) is 5.56 Å². The number of nitro groups is 1. The van der Waals surface area contributed by atoms with Gasteiger partial charge < -0.3 is 23.7 Å². The van der Waals surface area contributed by atoms with Crippen molar-refractivity contribution >= 4 is 15.8 Å². The number of benzene rings is 2. The molecule has 0 heterocycles. The Labute approximate surface area is 198 Å². The number of nitrogens with zero attached hydrogens (tertiary/aromatic N) is 1. The van der Waals surface area contributed by atoms with Crippen molar-refractivity contribution in [3.8, 4) is 11.5 Å². The lowest BCUT2D eigenvalue weighted by molar-refractivity contribution is -0.385. The molecule has 2 rings (SSSR count). The van der Waals surface area contributed by atoms with Crippen molar-refractivity contribution in [3.63, 3.8) is 0 Å². The van der Waals surface area contributed by atoms with E-state index in [1.165, 1.54) is 37.4 Å². The van der Waals surface area contributed by atoms with E-state index in [9.17, 15) is 18.5 Å². The predicted molar refractivity (Wildman–Crippen MR) is 122 cm³/mol. The van der Waals surface area contributed by atoms with Crippen LogP contribution < -0.4 is 9.47 Å². The Hall–Kier alpha value is -2.77. The highest BCUT2D eigenvalue weighted by atomic mass is 32.2. The third kappa shape index (κ3) is 9.61. The van der Waals surface area contributed by atoms with Crippen molar-refractivity contribution in [1.29, 1.82) is 0 Å². The van der Waals surface area contributed by atoms with Gasteiger partial charge in [0.1, 0.15) is 12.4 Å². The molecule has 0 aliphatic heterocycles. The minimum Gasteiger partial charge on any atom is -0.491 e. The Morgan fingerprint density at radius 1 is 0.824 bits per heavy atom. The molecule has 0 unspecified atom stereocenters. The molecule has 0 radical (unpaired) electrons. The van der Waals surface area contributed by atoms with Gasteiger partial charge >= 0.3 is 5.69 Å². The standard InChI is InChI=1S/C22H29NO10S/c1-18-3-6-20(7-4-18)34(26,27)33-16-14-31-12-10-29-9-11-30-13-15-32-19-5-8-21(23(24)25)22(17-19)28-2/h3-8,17H,9-16H2,1-2H3. The molecule has 2 aromatic rings. The second-order valence-corrected chi connectivity index (χ2v) is 8.48. The van der Waals surface area contributed by atoms with Gasteiger partial charge in [-0.25, -0.2) is 0 Å². The summed E-state index contributed by atoms with van der Waals surface area (Å²) in [5.74, 6) is 0.564. The third-order valence-electron chi connectivity index (χ3n) is 4.36. The van der Waals surface area contributed by atoms with Crippen LogP contribution in [0.15, 0.2) is 47.4 Å². The van der Waals surface area contributed by atoms with Crippen LogP contribution in [0.5, 0.6) is 11.5 Å². The minimum absolute atomic E-state index is 0.0834. The molecule has 2 aromatic carbocycles. The molecule has 0 amide bonds. The van der Waals surface area contributed by atoms with E-state index in [-0.39, 0.29) is 36.2 Å². The summed E-state index contributed by atoms with van der Waals surface area (Å²) in [6.45, 7) is 3.80. The quantitative estimate of drug-likeness (QED) is 0.138. The van der Waals surface area contributed by atoms with Gasteiger partial charge in [0.25, 0.3) is 10.1 Å². The normalized spacial score (nSPS) is 11.4. The average Bonchev–Trinajstić information content (AvgIpc) is 2.82. The molecular weight excluding hydrogens is 470 g/mol. The van der Waals surface area contributed by atoms with Crippen molar-refractivity contribution in [2.75, 3.05) is 60.0 Å². The molecule has 0 spiro atoms. The molecule has 0 saturated heterocycles. The zero-order chi connectivity index (χ0) is 24.8. The van der Waals surface area contributed by atoms with Gasteiger partial charge in [-0.3, -0.25) is 14.3 Å². The number of rotatable bonds is 17. The second-order valence-electron chi connectivity index (χ2n) is 6.87. The number of ether oxygens (including phenoxy) is 5. The van der Waals surface area contributed by atoms with Crippen molar-refractivity contribution in [3.05, 3.63) is 58.1 Å². The fourth-order valence-electron chi connectivity index (χ4n) is 2.63. The average molecular weight is 500 g/mol. The Bertz CT molecular complexity index is 995. The van der Waals surface area contributed by atoms with Gasteiger partial charge in [0.05, 0.1) is 63.2 Å². The van der Waals surface area contributed by atoms with Gasteiger partial charge in [0.2, 0.25) is 5.75 Å². The highest BCUT2D eigenvalue weighted by Crippen LogP contribution is 2.30. The maximum Gasteiger partial charge on any atom is 0.311 e. The van der Waals surface area contributed by atoms with Crippen molar-refractivity contribution < 1.29 is 41.2 Å². The fourth-order valence-corrected chi connectivity index (χ4v) is 3.53. The maximum atomic E-state index is 12.0. The van der Waals surface area contributed by atoms with Gasteiger partial charge in [-0.2, -0.15) is 8.42 Å². The van der Waals surface area contributed by atoms with Crippen LogP contribution in [0.3, 0.4) is 0 Å². The summed E-state index contributed by atoms with van der Waals surface area (Å²) in [6, 6.07) is 10.7. The zero-order valence-electron chi connectivity index (χ0n) is 19.1. The molecule has 0 aliphatic carbocycles. The van der Waals surface area contributed by atoms with E-state index < -0.39 is 15.0 Å². The van der Waals surface area contributed by atoms with Crippen LogP contribution in [-0.2, 0) is 28.5 Å². The summed E-state index contributed by atoms with van der Waals surface area (Å²) in [5, 5.41) is 10.9. The van der Waals surface area contributed by atoms with Crippen LogP contribution in [0.4, 0.5) is 5.69 Å². The summed E-state index contributed by atoms with van der Waals surface area (Å²) < 4.78 is 55.5. The SMILES string of the molecule is COc1cc(OCCOCCOCCOCCOS(=O)(=O)c2ccc(C)cc2)ccc1[N+](=O)[O-]. The van der Waals surface area contributed by atoms with Crippen LogP contribution in [0.2, 0.25) is 0 Å². The molecule has 0 saturated carbocycles. The van der Waals surface area contributed by atoms with E-state index in [0.29, 0.717) is 38.8 Å². The molecule has 12 heteroatoms. The Morgan fingerprint density at radius 3 is 1.94 bits per heavy atom. The molecule has 34 heavy (non-hydrogen) atoms. The first-order valence-electron chi connectivity index (χ1n) is 10.5. The lowest BCUT2D eigenvalue weighted by atomic mass is 10.2. The van der Waals surface area contributed by atoms with Crippen molar-refractivity contribution in [2.24, 2.45) is 0 Å². The highest BCUT2D eigenvalue weighted by molar-refractivity contribution is 7.86. The van der Waals surface area contributed by atoms with Crippen LogP contribution in [0, 0.1) is 17.0 Å². The third-order valence-corrected chi connectivity index (χ3v) is 5.69. The summed E-state index contributed by atoms with van der Waals surface area (Å²) in [6.07, 6.45) is 0. The Balaban J connectivity index is 1.45. The molecule has 188 valence electrons. The van der Waals surface area contributed by atoms with Gasteiger partial charge in [-0.15, -0.1) is 0 Å². The minimum atomic E-state index is -3.79.